The molecular formula is C24H24N2O4. The van der Waals surface area contributed by atoms with Gasteiger partial charge in [-0.15, -0.1) is 0 Å². The Bertz CT molecular complexity index is 1240. The van der Waals surface area contributed by atoms with Crippen molar-refractivity contribution in [3.05, 3.63) is 53.9 Å². The molecule has 6 nitrogen and oxygen atoms in total. The molecule has 4 aromatic rings. The van der Waals surface area contributed by atoms with Crippen molar-refractivity contribution in [2.45, 2.75) is 45.3 Å². The molecule has 1 aliphatic rings. The van der Waals surface area contributed by atoms with E-state index in [-0.39, 0.29) is 11.7 Å². The Hall–Kier alpha value is -3.28. The quantitative estimate of drug-likeness (QED) is 0.439. The number of hydrogen-bond donors (Lipinski definition) is 0. The van der Waals surface area contributed by atoms with Crippen molar-refractivity contribution in [1.82, 2.24) is 9.97 Å². The van der Waals surface area contributed by atoms with Crippen LogP contribution in [-0.4, -0.2) is 22.7 Å². The molecule has 2 aromatic carbocycles. The van der Waals surface area contributed by atoms with Crippen LogP contribution in [0.2, 0.25) is 0 Å². The molecule has 154 valence electrons. The van der Waals surface area contributed by atoms with E-state index in [0.717, 1.165) is 39.4 Å². The minimum absolute atomic E-state index is 0.255. The Balaban J connectivity index is 1.65. The molecule has 0 spiro atoms. The van der Waals surface area contributed by atoms with Crippen LogP contribution in [0.15, 0.2) is 46.9 Å². The lowest BCUT2D eigenvalue weighted by molar-refractivity contribution is 0.0203. The van der Waals surface area contributed by atoms with E-state index < -0.39 is 0 Å². The summed E-state index contributed by atoms with van der Waals surface area (Å²) in [6.07, 6.45) is 1.12. The number of nitrogens with zero attached hydrogens (tertiary/aromatic N) is 2. The molecule has 0 saturated heterocycles. The number of rotatable bonds is 4. The van der Waals surface area contributed by atoms with E-state index >= 15 is 0 Å². The topological polar surface area (TPSA) is 66.6 Å². The monoisotopic (exact) mass is 404 g/mol. The van der Waals surface area contributed by atoms with Crippen LogP contribution in [0.25, 0.3) is 22.1 Å². The van der Waals surface area contributed by atoms with Gasteiger partial charge >= 0.3 is 0 Å². The van der Waals surface area contributed by atoms with E-state index in [0.29, 0.717) is 24.3 Å². The first-order valence-corrected chi connectivity index (χ1v) is 10.2. The lowest BCUT2D eigenvalue weighted by atomic mass is 9.91. The molecule has 1 atom stereocenters. The van der Waals surface area contributed by atoms with E-state index in [1.165, 1.54) is 0 Å². The average molecular weight is 404 g/mol. The van der Waals surface area contributed by atoms with Gasteiger partial charge in [0.05, 0.1) is 7.11 Å². The van der Waals surface area contributed by atoms with Crippen LogP contribution in [-0.2, 0) is 6.42 Å². The third-order valence-electron chi connectivity index (χ3n) is 5.43. The van der Waals surface area contributed by atoms with Gasteiger partial charge in [-0.3, -0.25) is 0 Å². The van der Waals surface area contributed by atoms with E-state index in [2.05, 4.69) is 18.8 Å². The Morgan fingerprint density at radius 3 is 2.77 bits per heavy atom. The fraction of sp³-hybridized carbons (Fsp3) is 0.333. The molecule has 0 unspecified atom stereocenters. The maximum absolute atomic E-state index is 6.52. The van der Waals surface area contributed by atoms with Crippen molar-refractivity contribution in [2.24, 2.45) is 0 Å². The number of aromatic nitrogens is 2. The largest absolute Gasteiger partial charge is 0.497 e. The van der Waals surface area contributed by atoms with E-state index in [1.54, 1.807) is 7.11 Å². The highest BCUT2D eigenvalue weighted by Crippen LogP contribution is 2.44. The molecule has 0 aliphatic carbocycles. The molecule has 0 fully saturated rings. The third kappa shape index (κ3) is 3.12. The zero-order chi connectivity index (χ0) is 20.9. The molecule has 0 N–H and O–H groups in total. The van der Waals surface area contributed by atoms with Gasteiger partial charge in [0.15, 0.2) is 0 Å². The lowest BCUT2D eigenvalue weighted by Crippen LogP contribution is -2.36. The van der Waals surface area contributed by atoms with Crippen LogP contribution >= 0.6 is 0 Å². The first-order valence-electron chi connectivity index (χ1n) is 10.2. The van der Waals surface area contributed by atoms with Gasteiger partial charge in [-0.05, 0) is 44.2 Å². The zero-order valence-electron chi connectivity index (χ0n) is 17.6. The van der Waals surface area contributed by atoms with Gasteiger partial charge in [-0.2, -0.15) is 4.98 Å². The standard InChI is InChI=1S/C24H24N2O4/c1-5-20-25-21-15-8-6-7-9-17(15)28-22(21)23(26-20)29-19-13-24(2,3)30-18-11-10-14(27-4)12-16(18)19/h6-12,19H,5,13H2,1-4H3/t19-/m1/s1. The van der Waals surface area contributed by atoms with Gasteiger partial charge in [0.2, 0.25) is 5.58 Å². The summed E-state index contributed by atoms with van der Waals surface area (Å²) in [7, 11) is 1.65. The fourth-order valence-electron chi connectivity index (χ4n) is 3.98. The van der Waals surface area contributed by atoms with Gasteiger partial charge in [0.25, 0.3) is 5.88 Å². The highest BCUT2D eigenvalue weighted by Gasteiger charge is 2.36. The second-order valence-electron chi connectivity index (χ2n) is 8.15. The number of ether oxygens (including phenoxy) is 3. The predicted octanol–water partition coefficient (Wildman–Crippen LogP) is 5.63. The number of fused-ring (bicyclic) bond motifs is 4. The third-order valence-corrected chi connectivity index (χ3v) is 5.43. The van der Waals surface area contributed by atoms with Crippen molar-refractivity contribution in [2.75, 3.05) is 7.11 Å². The van der Waals surface area contributed by atoms with Crippen molar-refractivity contribution < 1.29 is 18.6 Å². The minimum Gasteiger partial charge on any atom is -0.497 e. The molecule has 0 saturated carbocycles. The first-order chi connectivity index (χ1) is 14.5. The molecule has 3 heterocycles. The maximum Gasteiger partial charge on any atom is 0.262 e. The molecule has 5 rings (SSSR count). The molecule has 1 aliphatic heterocycles. The van der Waals surface area contributed by atoms with Gasteiger partial charge in [0.1, 0.15) is 40.1 Å². The Labute approximate surface area is 174 Å². The lowest BCUT2D eigenvalue weighted by Gasteiger charge is -2.37. The summed E-state index contributed by atoms with van der Waals surface area (Å²) in [6, 6.07) is 13.7. The van der Waals surface area contributed by atoms with Crippen molar-refractivity contribution >= 4 is 22.1 Å². The number of benzene rings is 2. The van der Waals surface area contributed by atoms with Gasteiger partial charge in [0, 0.05) is 23.8 Å². The van der Waals surface area contributed by atoms with E-state index in [9.17, 15) is 0 Å². The van der Waals surface area contributed by atoms with E-state index in [1.807, 2.05) is 49.4 Å². The number of hydrogen-bond acceptors (Lipinski definition) is 6. The van der Waals surface area contributed by atoms with Crippen LogP contribution in [0.4, 0.5) is 0 Å². The van der Waals surface area contributed by atoms with Crippen LogP contribution < -0.4 is 14.2 Å². The second kappa shape index (κ2) is 6.90. The SMILES string of the molecule is CCc1nc(O[C@@H]2CC(C)(C)Oc3ccc(OC)cc32)c2oc3ccccc3c2n1. The summed E-state index contributed by atoms with van der Waals surface area (Å²) in [5.74, 6) is 2.74. The fourth-order valence-corrected chi connectivity index (χ4v) is 3.98. The first kappa shape index (κ1) is 18.7. The predicted molar refractivity (Wildman–Crippen MR) is 114 cm³/mol. The maximum atomic E-state index is 6.52. The molecule has 30 heavy (non-hydrogen) atoms. The van der Waals surface area contributed by atoms with Crippen LogP contribution in [0.3, 0.4) is 0 Å². The molecule has 6 heteroatoms. The van der Waals surface area contributed by atoms with Crippen LogP contribution in [0.5, 0.6) is 17.4 Å². The smallest absolute Gasteiger partial charge is 0.262 e. The van der Waals surface area contributed by atoms with E-state index in [4.69, 9.17) is 23.6 Å². The number of methoxy groups -OCH3 is 1. The number of aryl methyl sites for hydroxylation is 1. The number of para-hydroxylation sites is 1. The summed E-state index contributed by atoms with van der Waals surface area (Å²) in [5.41, 5.74) is 2.69. The highest BCUT2D eigenvalue weighted by molar-refractivity contribution is 6.03. The summed E-state index contributed by atoms with van der Waals surface area (Å²) in [6.45, 7) is 6.15. The second-order valence-corrected chi connectivity index (χ2v) is 8.15. The Kier molecular flexibility index (Phi) is 4.31. The minimum atomic E-state index is -0.375. The summed E-state index contributed by atoms with van der Waals surface area (Å²) < 4.78 is 24.2. The average Bonchev–Trinajstić information content (AvgIpc) is 3.11. The highest BCUT2D eigenvalue weighted by atomic mass is 16.5. The van der Waals surface area contributed by atoms with Crippen molar-refractivity contribution in [1.29, 1.82) is 0 Å². The molecular weight excluding hydrogens is 380 g/mol. The van der Waals surface area contributed by atoms with Crippen LogP contribution in [0, 0.1) is 0 Å². The van der Waals surface area contributed by atoms with Gasteiger partial charge < -0.3 is 18.6 Å². The van der Waals surface area contributed by atoms with Crippen molar-refractivity contribution in [3.8, 4) is 17.4 Å². The number of furan rings is 1. The van der Waals surface area contributed by atoms with Gasteiger partial charge in [-0.1, -0.05) is 19.1 Å². The summed E-state index contributed by atoms with van der Waals surface area (Å²) >= 11 is 0. The normalized spacial score (nSPS) is 17.5. The van der Waals surface area contributed by atoms with Crippen molar-refractivity contribution in [3.63, 3.8) is 0 Å². The van der Waals surface area contributed by atoms with Crippen LogP contribution in [0.1, 0.15) is 44.7 Å². The Morgan fingerprint density at radius 2 is 1.97 bits per heavy atom. The Morgan fingerprint density at radius 1 is 1.13 bits per heavy atom. The van der Waals surface area contributed by atoms with Gasteiger partial charge in [-0.25, -0.2) is 4.98 Å². The molecule has 2 aromatic heterocycles. The molecule has 0 amide bonds. The zero-order valence-corrected chi connectivity index (χ0v) is 17.6. The summed E-state index contributed by atoms with van der Waals surface area (Å²) in [5, 5.41) is 0.962. The molecule has 0 bridgehead atoms. The summed E-state index contributed by atoms with van der Waals surface area (Å²) in [4.78, 5) is 9.38. The molecule has 0 radical (unpaired) electrons.